The van der Waals surface area contributed by atoms with Crippen molar-refractivity contribution in [3.05, 3.63) is 62.5 Å². The summed E-state index contributed by atoms with van der Waals surface area (Å²) in [5, 5.41) is 0.866. The molecule has 32 heavy (non-hydrogen) atoms. The molecule has 3 aliphatic rings. The van der Waals surface area contributed by atoms with Gasteiger partial charge in [-0.3, -0.25) is 19.1 Å². The van der Waals surface area contributed by atoms with Crippen molar-refractivity contribution in [3.8, 4) is 0 Å². The number of fused-ring (bicyclic) bond motifs is 4. The molecule has 1 unspecified atom stereocenters. The number of carbonyl (C=O) groups excluding carboxylic acids is 1. The minimum atomic E-state index is 0.139. The van der Waals surface area contributed by atoms with Crippen LogP contribution in [0.2, 0.25) is 0 Å². The maximum absolute atomic E-state index is 13.6. The summed E-state index contributed by atoms with van der Waals surface area (Å²) in [6.07, 6.45) is 8.62. The molecule has 166 valence electrons. The van der Waals surface area contributed by atoms with Crippen molar-refractivity contribution in [3.63, 3.8) is 0 Å². The highest BCUT2D eigenvalue weighted by Gasteiger charge is 2.31. The van der Waals surface area contributed by atoms with Crippen molar-refractivity contribution in [1.82, 2.24) is 19.4 Å². The van der Waals surface area contributed by atoms with Crippen LogP contribution in [0.25, 0.3) is 10.2 Å². The van der Waals surface area contributed by atoms with Gasteiger partial charge in [-0.05, 0) is 55.2 Å². The van der Waals surface area contributed by atoms with E-state index in [0.717, 1.165) is 81.3 Å². The minimum absolute atomic E-state index is 0.139. The predicted molar refractivity (Wildman–Crippen MR) is 126 cm³/mol. The summed E-state index contributed by atoms with van der Waals surface area (Å²) in [6, 6.07) is 9.18. The van der Waals surface area contributed by atoms with Crippen LogP contribution in [0.1, 0.15) is 40.5 Å². The van der Waals surface area contributed by atoms with E-state index in [4.69, 9.17) is 4.98 Å². The Labute approximate surface area is 191 Å². The fourth-order valence-electron chi connectivity index (χ4n) is 5.89. The lowest BCUT2D eigenvalue weighted by Crippen LogP contribution is -2.41. The van der Waals surface area contributed by atoms with E-state index in [2.05, 4.69) is 29.2 Å². The summed E-state index contributed by atoms with van der Waals surface area (Å²) in [7, 11) is 0. The second-order valence-corrected chi connectivity index (χ2v) is 10.5. The summed E-state index contributed by atoms with van der Waals surface area (Å²) in [6.45, 7) is 3.66. The minimum Gasteiger partial charge on any atom is -0.344 e. The number of hydrogen-bond acceptors (Lipinski definition) is 5. The molecule has 0 spiro atoms. The molecule has 3 aromatic rings. The second-order valence-electron chi connectivity index (χ2n) is 9.40. The highest BCUT2D eigenvalue weighted by atomic mass is 32.1. The number of amides is 1. The third-order valence-corrected chi connectivity index (χ3v) is 8.78. The van der Waals surface area contributed by atoms with Gasteiger partial charge in [0.25, 0.3) is 5.56 Å². The molecule has 7 heteroatoms. The average Bonchev–Trinajstić information content (AvgIpc) is 3.32. The third kappa shape index (κ3) is 3.39. The molecule has 1 fully saturated rings. The lowest BCUT2D eigenvalue weighted by molar-refractivity contribution is -0.118. The molecule has 0 saturated carbocycles. The van der Waals surface area contributed by atoms with Crippen LogP contribution in [0, 0.1) is 0 Å². The van der Waals surface area contributed by atoms with Crippen LogP contribution in [0.4, 0.5) is 0 Å². The van der Waals surface area contributed by atoms with Crippen LogP contribution in [0.15, 0.2) is 35.4 Å². The van der Waals surface area contributed by atoms with Gasteiger partial charge in [-0.15, -0.1) is 11.3 Å². The zero-order valence-corrected chi connectivity index (χ0v) is 19.0. The van der Waals surface area contributed by atoms with E-state index >= 15 is 0 Å². The number of thiophene rings is 1. The first-order valence-electron chi connectivity index (χ1n) is 11.7. The van der Waals surface area contributed by atoms with Crippen LogP contribution in [0.5, 0.6) is 0 Å². The number of benzene rings is 1. The van der Waals surface area contributed by atoms with Gasteiger partial charge in [0.05, 0.1) is 11.7 Å². The van der Waals surface area contributed by atoms with Crippen LogP contribution in [-0.4, -0.2) is 58.0 Å². The first kappa shape index (κ1) is 20.1. The van der Waals surface area contributed by atoms with E-state index in [-0.39, 0.29) is 11.6 Å². The number of rotatable bonds is 3. The number of nitrogens with zero attached hydrogens (tertiary/aromatic N) is 4. The van der Waals surface area contributed by atoms with E-state index in [9.17, 15) is 9.59 Å². The van der Waals surface area contributed by atoms with Gasteiger partial charge in [-0.1, -0.05) is 24.3 Å². The fourth-order valence-corrected chi connectivity index (χ4v) is 7.14. The molecule has 6 nitrogen and oxygen atoms in total. The van der Waals surface area contributed by atoms with E-state index < -0.39 is 0 Å². The van der Waals surface area contributed by atoms with Crippen molar-refractivity contribution >= 4 is 28.0 Å². The normalized spacial score (nSPS) is 22.0. The molecule has 0 bridgehead atoms. The topological polar surface area (TPSA) is 58.4 Å². The largest absolute Gasteiger partial charge is 0.344 e. The Bertz CT molecular complexity index is 1210. The summed E-state index contributed by atoms with van der Waals surface area (Å²) in [5.74, 6) is 0. The SMILES string of the molecule is O=CN1CCCN(C2CCc3c(sc4ncn(C5Cc6ccccc6C5)c(=O)c34)C2)CC1. The first-order chi connectivity index (χ1) is 15.7. The molecule has 6 rings (SSSR count). The summed E-state index contributed by atoms with van der Waals surface area (Å²) < 4.78 is 1.89. The maximum Gasteiger partial charge on any atom is 0.262 e. The summed E-state index contributed by atoms with van der Waals surface area (Å²) in [4.78, 5) is 36.2. The fraction of sp³-hybridized carbons (Fsp3) is 0.480. The molecule has 1 aliphatic heterocycles. The molecule has 3 heterocycles. The first-order valence-corrected chi connectivity index (χ1v) is 12.5. The number of aryl methyl sites for hydroxylation is 1. The predicted octanol–water partition coefficient (Wildman–Crippen LogP) is 2.82. The van der Waals surface area contributed by atoms with Crippen LogP contribution >= 0.6 is 11.3 Å². The molecular weight excluding hydrogens is 420 g/mol. The zero-order valence-electron chi connectivity index (χ0n) is 18.2. The highest BCUT2D eigenvalue weighted by Crippen LogP contribution is 2.36. The number of hydrogen-bond donors (Lipinski definition) is 0. The van der Waals surface area contributed by atoms with Gasteiger partial charge in [0, 0.05) is 43.1 Å². The Hall–Kier alpha value is -2.51. The van der Waals surface area contributed by atoms with Crippen molar-refractivity contribution in [1.29, 1.82) is 0 Å². The van der Waals surface area contributed by atoms with Crippen molar-refractivity contribution in [2.24, 2.45) is 0 Å². The van der Waals surface area contributed by atoms with Crippen LogP contribution in [0.3, 0.4) is 0 Å². The summed E-state index contributed by atoms with van der Waals surface area (Å²) in [5.41, 5.74) is 4.09. The molecular formula is C25H28N4O2S. The van der Waals surface area contributed by atoms with Gasteiger partial charge < -0.3 is 4.90 Å². The second kappa shape index (κ2) is 8.12. The monoisotopic (exact) mass is 448 g/mol. The lowest BCUT2D eigenvalue weighted by atomic mass is 9.92. The zero-order chi connectivity index (χ0) is 21.7. The summed E-state index contributed by atoms with van der Waals surface area (Å²) >= 11 is 1.71. The standard InChI is InChI=1S/C25H28N4O2S/c30-16-27-8-3-9-28(11-10-27)19-6-7-21-22(14-19)32-24-23(21)25(31)29(15-26-24)20-12-17-4-1-2-5-18(17)13-20/h1-2,4-5,15-16,19-20H,3,6-14H2. The van der Waals surface area contributed by atoms with Gasteiger partial charge in [0.15, 0.2) is 0 Å². The van der Waals surface area contributed by atoms with Crippen molar-refractivity contribution in [2.75, 3.05) is 26.2 Å². The highest BCUT2D eigenvalue weighted by molar-refractivity contribution is 7.18. The van der Waals surface area contributed by atoms with Crippen molar-refractivity contribution < 1.29 is 4.79 Å². The van der Waals surface area contributed by atoms with Gasteiger partial charge in [0.1, 0.15) is 4.83 Å². The van der Waals surface area contributed by atoms with Crippen LogP contribution in [-0.2, 0) is 30.5 Å². The molecule has 1 aromatic carbocycles. The maximum atomic E-state index is 13.6. The van der Waals surface area contributed by atoms with Crippen LogP contribution < -0.4 is 5.56 Å². The van der Waals surface area contributed by atoms with E-state index in [1.54, 1.807) is 17.7 Å². The average molecular weight is 449 g/mol. The van der Waals surface area contributed by atoms with Gasteiger partial charge in [-0.2, -0.15) is 0 Å². The Morgan fingerprint density at radius 2 is 1.81 bits per heavy atom. The van der Waals surface area contributed by atoms with Crippen molar-refractivity contribution in [2.45, 2.75) is 50.6 Å². The van der Waals surface area contributed by atoms with E-state index in [0.29, 0.717) is 6.04 Å². The molecule has 1 atom stereocenters. The quantitative estimate of drug-likeness (QED) is 0.578. The Balaban J connectivity index is 1.27. The number of aromatic nitrogens is 2. The van der Waals surface area contributed by atoms with E-state index in [1.807, 2.05) is 9.47 Å². The van der Waals surface area contributed by atoms with E-state index in [1.165, 1.54) is 21.6 Å². The van der Waals surface area contributed by atoms with Gasteiger partial charge >= 0.3 is 0 Å². The Kier molecular flexibility index (Phi) is 5.11. The Morgan fingerprint density at radius 3 is 2.59 bits per heavy atom. The molecule has 0 N–H and O–H groups in total. The number of carbonyl (C=O) groups is 1. The van der Waals surface area contributed by atoms with Gasteiger partial charge in [0.2, 0.25) is 6.41 Å². The molecule has 2 aliphatic carbocycles. The Morgan fingerprint density at radius 1 is 1.00 bits per heavy atom. The molecule has 1 saturated heterocycles. The molecule has 2 aromatic heterocycles. The molecule has 1 amide bonds. The third-order valence-electron chi connectivity index (χ3n) is 7.62. The lowest BCUT2D eigenvalue weighted by Gasteiger charge is -2.33. The smallest absolute Gasteiger partial charge is 0.262 e. The molecule has 0 radical (unpaired) electrons. The van der Waals surface area contributed by atoms with Gasteiger partial charge in [-0.25, -0.2) is 4.98 Å².